The molecule has 1 aliphatic rings. The zero-order valence-electron chi connectivity index (χ0n) is 14.0. The molecule has 2 N–H and O–H groups in total. The molecule has 1 aromatic carbocycles. The molecule has 3 rings (SSSR count). The molecule has 1 atom stereocenters. The average Bonchev–Trinajstić information content (AvgIpc) is 3.09. The predicted octanol–water partition coefficient (Wildman–Crippen LogP) is 3.95. The quantitative estimate of drug-likeness (QED) is 0.844. The topological polar surface area (TPSA) is 63.5 Å². The van der Waals surface area contributed by atoms with Gasteiger partial charge in [-0.25, -0.2) is 4.79 Å². The average molecular weight is 328 g/mol. The molecule has 0 saturated carbocycles. The van der Waals surface area contributed by atoms with Crippen molar-refractivity contribution in [2.24, 2.45) is 0 Å². The molecule has 128 valence electrons. The fourth-order valence-electron chi connectivity index (χ4n) is 2.95. The molecule has 1 unspecified atom stereocenters. The van der Waals surface area contributed by atoms with Crippen molar-refractivity contribution in [2.45, 2.75) is 45.2 Å². The number of nitrogens with one attached hydrogen (secondary N) is 2. The van der Waals surface area contributed by atoms with Crippen LogP contribution in [0.25, 0.3) is 0 Å². The molecular formula is C19H24N2O3. The molecule has 0 radical (unpaired) electrons. The molecule has 1 aromatic heterocycles. The largest absolute Gasteiger partial charge is 0.494 e. The van der Waals surface area contributed by atoms with E-state index in [9.17, 15) is 4.79 Å². The lowest BCUT2D eigenvalue weighted by atomic mass is 9.93. The van der Waals surface area contributed by atoms with Crippen LogP contribution in [0, 0.1) is 0 Å². The van der Waals surface area contributed by atoms with Crippen LogP contribution < -0.4 is 15.4 Å². The Morgan fingerprint density at radius 2 is 2.12 bits per heavy atom. The Balaban J connectivity index is 1.48. The Morgan fingerprint density at radius 1 is 1.29 bits per heavy atom. The van der Waals surface area contributed by atoms with Crippen molar-refractivity contribution in [1.82, 2.24) is 10.6 Å². The van der Waals surface area contributed by atoms with Gasteiger partial charge in [-0.15, -0.1) is 0 Å². The van der Waals surface area contributed by atoms with Crippen LogP contribution in [-0.4, -0.2) is 12.6 Å². The number of aryl methyl sites for hydroxylation is 1. The zero-order valence-corrected chi connectivity index (χ0v) is 14.0. The van der Waals surface area contributed by atoms with Crippen molar-refractivity contribution in [1.29, 1.82) is 0 Å². The van der Waals surface area contributed by atoms with E-state index in [1.54, 1.807) is 6.26 Å². The van der Waals surface area contributed by atoms with Gasteiger partial charge >= 0.3 is 6.03 Å². The summed E-state index contributed by atoms with van der Waals surface area (Å²) in [6, 6.07) is 9.65. The fourth-order valence-corrected chi connectivity index (χ4v) is 2.95. The van der Waals surface area contributed by atoms with Crippen LogP contribution in [0.3, 0.4) is 0 Å². The fraction of sp³-hybridized carbons (Fsp3) is 0.421. The van der Waals surface area contributed by atoms with Crippen molar-refractivity contribution in [3.8, 4) is 5.75 Å². The Morgan fingerprint density at radius 3 is 2.92 bits per heavy atom. The second-order valence-electron chi connectivity index (χ2n) is 6.06. The van der Waals surface area contributed by atoms with Gasteiger partial charge in [0.15, 0.2) is 0 Å². The highest BCUT2D eigenvalue weighted by Gasteiger charge is 2.23. The molecule has 0 fully saturated rings. The summed E-state index contributed by atoms with van der Waals surface area (Å²) in [5.41, 5.74) is 2.15. The monoisotopic (exact) mass is 328 g/mol. The van der Waals surface area contributed by atoms with Crippen molar-refractivity contribution < 1.29 is 13.9 Å². The first-order valence-electron chi connectivity index (χ1n) is 8.58. The van der Waals surface area contributed by atoms with E-state index >= 15 is 0 Å². The summed E-state index contributed by atoms with van der Waals surface area (Å²) in [5, 5.41) is 5.95. The maximum absolute atomic E-state index is 12.1. The Bertz CT molecular complexity index is 664. The molecule has 0 saturated heterocycles. The van der Waals surface area contributed by atoms with Crippen LogP contribution >= 0.6 is 0 Å². The molecule has 1 heterocycles. The molecule has 24 heavy (non-hydrogen) atoms. The number of hydrogen-bond donors (Lipinski definition) is 2. The van der Waals surface area contributed by atoms with Gasteiger partial charge in [0, 0.05) is 18.5 Å². The van der Waals surface area contributed by atoms with Gasteiger partial charge in [0.05, 0.1) is 18.9 Å². The second-order valence-corrected chi connectivity index (χ2v) is 6.06. The van der Waals surface area contributed by atoms with Gasteiger partial charge in [-0.1, -0.05) is 19.1 Å². The van der Waals surface area contributed by atoms with E-state index in [2.05, 4.69) is 17.6 Å². The van der Waals surface area contributed by atoms with Crippen LogP contribution in [0.5, 0.6) is 5.75 Å². The summed E-state index contributed by atoms with van der Waals surface area (Å²) < 4.78 is 11.0. The maximum Gasteiger partial charge on any atom is 0.315 e. The minimum Gasteiger partial charge on any atom is -0.494 e. The van der Waals surface area contributed by atoms with Crippen LogP contribution in [-0.2, 0) is 13.0 Å². The Labute approximate surface area is 142 Å². The van der Waals surface area contributed by atoms with Gasteiger partial charge in [-0.2, -0.15) is 0 Å². The van der Waals surface area contributed by atoms with Crippen LogP contribution in [0.4, 0.5) is 4.79 Å². The third-order valence-electron chi connectivity index (χ3n) is 4.21. The lowest BCUT2D eigenvalue weighted by Crippen LogP contribution is -2.38. The summed E-state index contributed by atoms with van der Waals surface area (Å²) in [4.78, 5) is 12.1. The highest BCUT2D eigenvalue weighted by molar-refractivity contribution is 5.74. The maximum atomic E-state index is 12.1. The third-order valence-corrected chi connectivity index (χ3v) is 4.21. The molecule has 5 heteroatoms. The summed E-state index contributed by atoms with van der Waals surface area (Å²) in [6.45, 7) is 3.29. The SMILES string of the molecule is CCCOc1ccc(CNC(=O)NC2CCCc3occc32)cc1. The van der Waals surface area contributed by atoms with Gasteiger partial charge in [0.25, 0.3) is 0 Å². The van der Waals surface area contributed by atoms with Gasteiger partial charge in [-0.3, -0.25) is 0 Å². The standard InChI is InChI=1S/C19H24N2O3/c1-2-11-23-15-8-6-14(7-9-15)13-20-19(22)21-17-4-3-5-18-16(17)10-12-24-18/h6-10,12,17H,2-5,11,13H2,1H3,(H2,20,21,22). The number of fused-ring (bicyclic) bond motifs is 1. The molecule has 2 amide bonds. The molecule has 0 aliphatic heterocycles. The molecule has 0 bridgehead atoms. The minimum absolute atomic E-state index is 0.0392. The van der Waals surface area contributed by atoms with Crippen LogP contribution in [0.15, 0.2) is 41.0 Å². The zero-order chi connectivity index (χ0) is 16.8. The van der Waals surface area contributed by atoms with Crippen LogP contribution in [0.2, 0.25) is 0 Å². The van der Waals surface area contributed by atoms with E-state index in [-0.39, 0.29) is 12.1 Å². The number of rotatable bonds is 6. The van der Waals surface area contributed by atoms with E-state index in [4.69, 9.17) is 9.15 Å². The van der Waals surface area contributed by atoms with Crippen LogP contribution in [0.1, 0.15) is 49.1 Å². The lowest BCUT2D eigenvalue weighted by molar-refractivity contribution is 0.234. The molecule has 1 aliphatic carbocycles. The summed E-state index contributed by atoms with van der Waals surface area (Å²) in [7, 11) is 0. The number of amides is 2. The number of benzene rings is 1. The number of furan rings is 1. The van der Waals surface area contributed by atoms with E-state index in [0.717, 1.165) is 54.9 Å². The highest BCUT2D eigenvalue weighted by atomic mass is 16.5. The molecule has 5 nitrogen and oxygen atoms in total. The summed E-state index contributed by atoms with van der Waals surface area (Å²) >= 11 is 0. The molecule has 0 spiro atoms. The van der Waals surface area contributed by atoms with Gasteiger partial charge in [0.2, 0.25) is 0 Å². The minimum atomic E-state index is -0.152. The van der Waals surface area contributed by atoms with Gasteiger partial charge in [-0.05, 0) is 43.0 Å². The van der Waals surface area contributed by atoms with E-state index in [0.29, 0.717) is 6.54 Å². The first kappa shape index (κ1) is 16.4. The van der Waals surface area contributed by atoms with Crippen molar-refractivity contribution in [3.05, 3.63) is 53.5 Å². The number of carbonyl (C=O) groups excluding carboxylic acids is 1. The number of ether oxygens (including phenoxy) is 1. The van der Waals surface area contributed by atoms with Gasteiger partial charge in [0.1, 0.15) is 11.5 Å². The Hall–Kier alpha value is -2.43. The van der Waals surface area contributed by atoms with E-state index in [1.165, 1.54) is 0 Å². The number of urea groups is 1. The van der Waals surface area contributed by atoms with Gasteiger partial charge < -0.3 is 19.8 Å². The molecule has 2 aromatic rings. The molecular weight excluding hydrogens is 304 g/mol. The van der Waals surface area contributed by atoms with E-state index in [1.807, 2.05) is 30.3 Å². The third kappa shape index (κ3) is 4.10. The highest BCUT2D eigenvalue weighted by Crippen LogP contribution is 2.30. The second kappa shape index (κ2) is 7.90. The first-order valence-corrected chi connectivity index (χ1v) is 8.58. The first-order chi connectivity index (χ1) is 11.8. The summed E-state index contributed by atoms with van der Waals surface area (Å²) in [6.07, 6.45) is 5.62. The Kier molecular flexibility index (Phi) is 5.41. The van der Waals surface area contributed by atoms with Crippen molar-refractivity contribution in [3.63, 3.8) is 0 Å². The van der Waals surface area contributed by atoms with Crippen molar-refractivity contribution >= 4 is 6.03 Å². The van der Waals surface area contributed by atoms with Crippen molar-refractivity contribution in [2.75, 3.05) is 6.61 Å². The smallest absolute Gasteiger partial charge is 0.315 e. The number of carbonyl (C=O) groups is 1. The lowest BCUT2D eigenvalue weighted by Gasteiger charge is -2.22. The van der Waals surface area contributed by atoms with E-state index < -0.39 is 0 Å². The predicted molar refractivity (Wildman–Crippen MR) is 92.0 cm³/mol. The summed E-state index contributed by atoms with van der Waals surface area (Å²) in [5.74, 6) is 1.86. The number of hydrogen-bond acceptors (Lipinski definition) is 3. The normalized spacial score (nSPS) is 16.3.